The van der Waals surface area contributed by atoms with Crippen molar-refractivity contribution in [2.75, 3.05) is 13.1 Å². The van der Waals surface area contributed by atoms with Crippen LogP contribution in [0.2, 0.25) is 0 Å². The number of hydrogen-bond acceptors (Lipinski definition) is 4. The van der Waals surface area contributed by atoms with Gasteiger partial charge in [0.2, 0.25) is 11.7 Å². The topological polar surface area (TPSA) is 101 Å². The summed E-state index contributed by atoms with van der Waals surface area (Å²) >= 11 is 0. The molecule has 0 atom stereocenters. The summed E-state index contributed by atoms with van der Waals surface area (Å²) in [6.07, 6.45) is 0.106. The fraction of sp³-hybridized carbons (Fsp3) is 0.333. The SMILES string of the molecule is CCNC(=O)CCNC(=O)c1ccc([N+](=O)[O-])c(F)c1. The van der Waals surface area contributed by atoms with Crippen LogP contribution in [0.3, 0.4) is 0 Å². The van der Waals surface area contributed by atoms with Gasteiger partial charge in [-0.2, -0.15) is 4.39 Å². The van der Waals surface area contributed by atoms with Gasteiger partial charge in [0, 0.05) is 31.1 Å². The number of benzene rings is 1. The van der Waals surface area contributed by atoms with E-state index < -0.39 is 22.3 Å². The van der Waals surface area contributed by atoms with Gasteiger partial charge < -0.3 is 10.6 Å². The molecule has 0 saturated carbocycles. The Kier molecular flexibility index (Phi) is 5.57. The van der Waals surface area contributed by atoms with Crippen molar-refractivity contribution in [3.8, 4) is 0 Å². The van der Waals surface area contributed by atoms with Crippen molar-refractivity contribution in [3.05, 3.63) is 39.7 Å². The van der Waals surface area contributed by atoms with E-state index in [9.17, 15) is 24.1 Å². The first-order valence-corrected chi connectivity index (χ1v) is 5.94. The molecule has 2 amide bonds. The molecule has 0 aliphatic heterocycles. The Hall–Kier alpha value is -2.51. The molecule has 0 unspecified atom stereocenters. The number of rotatable bonds is 6. The van der Waals surface area contributed by atoms with Crippen LogP contribution in [-0.4, -0.2) is 29.8 Å². The standard InChI is InChI=1S/C12H14FN3O4/c1-2-14-11(17)5-6-15-12(18)8-3-4-10(16(19)20)9(13)7-8/h3-4,7H,2,5-6H2,1H3,(H,14,17)(H,15,18). The molecule has 0 aliphatic carbocycles. The largest absolute Gasteiger partial charge is 0.356 e. The number of nitrogens with zero attached hydrogens (tertiary/aromatic N) is 1. The van der Waals surface area contributed by atoms with Crippen LogP contribution in [0, 0.1) is 15.9 Å². The van der Waals surface area contributed by atoms with Crippen LogP contribution in [0.5, 0.6) is 0 Å². The third-order valence-corrected chi connectivity index (χ3v) is 2.42. The van der Waals surface area contributed by atoms with E-state index in [2.05, 4.69) is 10.6 Å². The van der Waals surface area contributed by atoms with Crippen molar-refractivity contribution >= 4 is 17.5 Å². The van der Waals surface area contributed by atoms with Gasteiger partial charge in [-0.15, -0.1) is 0 Å². The van der Waals surface area contributed by atoms with E-state index in [1.807, 2.05) is 0 Å². The first kappa shape index (κ1) is 15.5. The van der Waals surface area contributed by atoms with Gasteiger partial charge in [0.05, 0.1) is 4.92 Å². The molecule has 0 bridgehead atoms. The summed E-state index contributed by atoms with van der Waals surface area (Å²) in [5.41, 5.74) is -0.729. The molecule has 0 aromatic heterocycles. The fourth-order valence-corrected chi connectivity index (χ4v) is 1.47. The Balaban J connectivity index is 2.58. The minimum Gasteiger partial charge on any atom is -0.356 e. The van der Waals surface area contributed by atoms with Crippen LogP contribution in [0.15, 0.2) is 18.2 Å². The van der Waals surface area contributed by atoms with Crippen LogP contribution in [0.1, 0.15) is 23.7 Å². The highest BCUT2D eigenvalue weighted by Gasteiger charge is 2.16. The quantitative estimate of drug-likeness (QED) is 0.600. The van der Waals surface area contributed by atoms with Gasteiger partial charge in [0.15, 0.2) is 0 Å². The van der Waals surface area contributed by atoms with Crippen molar-refractivity contribution in [1.29, 1.82) is 0 Å². The smallest absolute Gasteiger partial charge is 0.304 e. The average Bonchev–Trinajstić information content (AvgIpc) is 2.38. The Morgan fingerprint density at radius 3 is 2.60 bits per heavy atom. The van der Waals surface area contributed by atoms with Crippen molar-refractivity contribution in [3.63, 3.8) is 0 Å². The maximum Gasteiger partial charge on any atom is 0.304 e. The van der Waals surface area contributed by atoms with Gasteiger partial charge in [0.1, 0.15) is 0 Å². The van der Waals surface area contributed by atoms with Crippen LogP contribution in [-0.2, 0) is 4.79 Å². The van der Waals surface area contributed by atoms with E-state index in [0.717, 1.165) is 18.2 Å². The van der Waals surface area contributed by atoms with Gasteiger partial charge in [-0.25, -0.2) is 0 Å². The molecule has 20 heavy (non-hydrogen) atoms. The highest BCUT2D eigenvalue weighted by atomic mass is 19.1. The number of carbonyl (C=O) groups excluding carboxylic acids is 2. The number of nitrogens with one attached hydrogen (secondary N) is 2. The number of amides is 2. The molecule has 1 aromatic carbocycles. The normalized spacial score (nSPS) is 9.90. The Bertz CT molecular complexity index is 533. The number of nitro benzene ring substituents is 1. The summed E-state index contributed by atoms with van der Waals surface area (Å²) in [5, 5.41) is 15.4. The van der Waals surface area contributed by atoms with Crippen molar-refractivity contribution in [2.24, 2.45) is 0 Å². The van der Waals surface area contributed by atoms with Gasteiger partial charge in [-0.05, 0) is 19.1 Å². The number of carbonyl (C=O) groups is 2. The Labute approximate surface area is 114 Å². The van der Waals surface area contributed by atoms with E-state index in [0.29, 0.717) is 6.54 Å². The zero-order valence-corrected chi connectivity index (χ0v) is 10.8. The highest BCUT2D eigenvalue weighted by molar-refractivity contribution is 5.94. The summed E-state index contributed by atoms with van der Waals surface area (Å²) < 4.78 is 13.3. The van der Waals surface area contributed by atoms with E-state index in [4.69, 9.17) is 0 Å². The molecule has 0 saturated heterocycles. The second kappa shape index (κ2) is 7.17. The third-order valence-electron chi connectivity index (χ3n) is 2.42. The summed E-state index contributed by atoms with van der Waals surface area (Å²) in [4.78, 5) is 32.3. The zero-order chi connectivity index (χ0) is 15.1. The lowest BCUT2D eigenvalue weighted by Crippen LogP contribution is -2.30. The van der Waals surface area contributed by atoms with Gasteiger partial charge in [-0.1, -0.05) is 0 Å². The predicted octanol–water partition coefficient (Wildman–Crippen LogP) is 0.990. The third kappa shape index (κ3) is 4.30. The van der Waals surface area contributed by atoms with E-state index >= 15 is 0 Å². The van der Waals surface area contributed by atoms with Crippen molar-refractivity contribution in [1.82, 2.24) is 10.6 Å². The molecule has 1 aromatic rings. The van der Waals surface area contributed by atoms with E-state index in [1.165, 1.54) is 0 Å². The highest BCUT2D eigenvalue weighted by Crippen LogP contribution is 2.17. The van der Waals surface area contributed by atoms with Crippen molar-refractivity contribution < 1.29 is 18.9 Å². The maximum atomic E-state index is 13.3. The summed E-state index contributed by atoms with van der Waals surface area (Å²) in [6, 6.07) is 2.87. The molecular formula is C12H14FN3O4. The Morgan fingerprint density at radius 1 is 1.35 bits per heavy atom. The summed E-state index contributed by atoms with van der Waals surface area (Å²) in [5.74, 6) is -1.88. The average molecular weight is 283 g/mol. The molecule has 0 heterocycles. The lowest BCUT2D eigenvalue weighted by molar-refractivity contribution is -0.387. The predicted molar refractivity (Wildman–Crippen MR) is 68.7 cm³/mol. The zero-order valence-electron chi connectivity index (χ0n) is 10.8. The lowest BCUT2D eigenvalue weighted by Gasteiger charge is -2.05. The first-order valence-electron chi connectivity index (χ1n) is 5.94. The summed E-state index contributed by atoms with van der Waals surface area (Å²) in [6.45, 7) is 2.37. The lowest BCUT2D eigenvalue weighted by atomic mass is 10.2. The molecule has 108 valence electrons. The molecule has 0 radical (unpaired) electrons. The first-order chi connectivity index (χ1) is 9.45. The number of nitro groups is 1. The van der Waals surface area contributed by atoms with Gasteiger partial charge in [0.25, 0.3) is 5.91 Å². The molecular weight excluding hydrogens is 269 g/mol. The van der Waals surface area contributed by atoms with Gasteiger partial charge >= 0.3 is 5.69 Å². The second-order valence-corrected chi connectivity index (χ2v) is 3.88. The maximum absolute atomic E-state index is 13.3. The van der Waals surface area contributed by atoms with Crippen LogP contribution < -0.4 is 10.6 Å². The summed E-state index contributed by atoms with van der Waals surface area (Å²) in [7, 11) is 0. The van der Waals surface area contributed by atoms with Gasteiger partial charge in [-0.3, -0.25) is 19.7 Å². The van der Waals surface area contributed by atoms with Crippen molar-refractivity contribution in [2.45, 2.75) is 13.3 Å². The molecule has 0 fully saturated rings. The fourth-order valence-electron chi connectivity index (χ4n) is 1.47. The molecule has 1 rings (SSSR count). The van der Waals surface area contributed by atoms with E-state index in [-0.39, 0.29) is 24.4 Å². The molecule has 2 N–H and O–H groups in total. The van der Waals surface area contributed by atoms with Crippen LogP contribution in [0.25, 0.3) is 0 Å². The minimum atomic E-state index is -1.08. The van der Waals surface area contributed by atoms with Crippen LogP contribution in [0.4, 0.5) is 10.1 Å². The van der Waals surface area contributed by atoms with Crippen LogP contribution >= 0.6 is 0 Å². The monoisotopic (exact) mass is 283 g/mol. The van der Waals surface area contributed by atoms with E-state index in [1.54, 1.807) is 6.92 Å². The second-order valence-electron chi connectivity index (χ2n) is 3.88. The molecule has 8 heteroatoms. The number of halogens is 1. The molecule has 0 spiro atoms. The minimum absolute atomic E-state index is 0.0380. The number of hydrogen-bond donors (Lipinski definition) is 2. The Morgan fingerprint density at radius 2 is 2.05 bits per heavy atom. The molecule has 0 aliphatic rings. The molecule has 7 nitrogen and oxygen atoms in total.